The number of anilines is 1. The Balaban J connectivity index is 1.36. The molecule has 2 amide bonds. The van der Waals surface area contributed by atoms with E-state index in [-0.39, 0.29) is 17.9 Å². The second-order valence-electron chi connectivity index (χ2n) is 7.56. The van der Waals surface area contributed by atoms with Gasteiger partial charge in [-0.2, -0.15) is 0 Å². The van der Waals surface area contributed by atoms with Gasteiger partial charge >= 0.3 is 0 Å². The third-order valence-electron chi connectivity index (χ3n) is 5.83. The number of pyridine rings is 1. The van der Waals surface area contributed by atoms with Crippen LogP contribution in [-0.4, -0.2) is 41.5 Å². The van der Waals surface area contributed by atoms with E-state index >= 15 is 0 Å². The van der Waals surface area contributed by atoms with E-state index in [0.717, 1.165) is 31.1 Å². The summed E-state index contributed by atoms with van der Waals surface area (Å²) in [5, 5.41) is 7.43. The zero-order valence-corrected chi connectivity index (χ0v) is 14.5. The van der Waals surface area contributed by atoms with Crippen molar-refractivity contribution in [3.8, 4) is 0 Å². The lowest BCUT2D eigenvalue weighted by atomic mass is 9.95. The number of fused-ring (bicyclic) bond motifs is 3. The average molecular weight is 354 g/mol. The maximum atomic E-state index is 12.6. The Morgan fingerprint density at radius 1 is 1.31 bits per heavy atom. The molecule has 2 bridgehead atoms. The Hall–Kier alpha value is -2.41. The second-order valence-corrected chi connectivity index (χ2v) is 7.56. The highest BCUT2D eigenvalue weighted by molar-refractivity contribution is 5.98. The van der Waals surface area contributed by atoms with E-state index in [0.29, 0.717) is 42.2 Å². The number of rotatable bonds is 3. The largest absolute Gasteiger partial charge is 0.438 e. The van der Waals surface area contributed by atoms with Crippen LogP contribution >= 0.6 is 0 Å². The molecule has 26 heavy (non-hydrogen) atoms. The van der Waals surface area contributed by atoms with E-state index in [1.807, 2.05) is 6.07 Å². The van der Waals surface area contributed by atoms with Gasteiger partial charge in [-0.15, -0.1) is 0 Å². The molecular formula is C19H22N4O3. The van der Waals surface area contributed by atoms with Crippen molar-refractivity contribution in [2.24, 2.45) is 0 Å². The van der Waals surface area contributed by atoms with E-state index in [1.165, 1.54) is 6.42 Å². The Kier molecular flexibility index (Phi) is 3.70. The van der Waals surface area contributed by atoms with Gasteiger partial charge in [-0.3, -0.25) is 14.5 Å². The molecule has 2 aromatic rings. The molecular weight excluding hydrogens is 332 g/mol. The van der Waals surface area contributed by atoms with Crippen molar-refractivity contribution in [3.05, 3.63) is 24.0 Å². The van der Waals surface area contributed by atoms with Crippen LogP contribution in [0.3, 0.4) is 0 Å². The maximum absolute atomic E-state index is 12.6. The molecule has 0 spiro atoms. The predicted octanol–water partition coefficient (Wildman–Crippen LogP) is 1.97. The molecule has 5 rings (SSSR count). The number of carbonyl (C=O) groups is 2. The molecule has 2 aromatic heterocycles. The lowest BCUT2D eigenvalue weighted by molar-refractivity contribution is -0.119. The highest BCUT2D eigenvalue weighted by atomic mass is 16.4. The zero-order chi connectivity index (χ0) is 17.7. The van der Waals surface area contributed by atoms with Gasteiger partial charge in [0.1, 0.15) is 5.69 Å². The van der Waals surface area contributed by atoms with E-state index in [2.05, 4.69) is 15.6 Å². The molecule has 5 heterocycles. The van der Waals surface area contributed by atoms with Gasteiger partial charge in [0.25, 0.3) is 5.91 Å². The Morgan fingerprint density at radius 3 is 3.00 bits per heavy atom. The van der Waals surface area contributed by atoms with E-state index in [9.17, 15) is 9.59 Å². The van der Waals surface area contributed by atoms with Crippen LogP contribution in [0, 0.1) is 0 Å². The number of carbonyl (C=O) groups excluding carboxylic acids is 2. The fraction of sp³-hybridized carbons (Fsp3) is 0.526. The zero-order valence-electron chi connectivity index (χ0n) is 14.5. The van der Waals surface area contributed by atoms with Crippen LogP contribution in [0.4, 0.5) is 5.88 Å². The van der Waals surface area contributed by atoms with Crippen molar-refractivity contribution in [3.63, 3.8) is 0 Å². The summed E-state index contributed by atoms with van der Waals surface area (Å²) >= 11 is 0. The summed E-state index contributed by atoms with van der Waals surface area (Å²) in [6, 6.07) is 4.69. The van der Waals surface area contributed by atoms with Gasteiger partial charge in [0.05, 0.1) is 6.20 Å². The van der Waals surface area contributed by atoms with Gasteiger partial charge in [0.15, 0.2) is 5.58 Å². The van der Waals surface area contributed by atoms with Gasteiger partial charge in [0, 0.05) is 42.5 Å². The number of nitrogens with zero attached hydrogens (tertiary/aromatic N) is 2. The fourth-order valence-electron chi connectivity index (χ4n) is 4.45. The summed E-state index contributed by atoms with van der Waals surface area (Å²) in [7, 11) is 0. The van der Waals surface area contributed by atoms with Crippen molar-refractivity contribution < 1.29 is 14.0 Å². The third kappa shape index (κ3) is 2.67. The Labute approximate surface area is 151 Å². The fourth-order valence-corrected chi connectivity index (χ4v) is 4.45. The summed E-state index contributed by atoms with van der Waals surface area (Å²) in [5.41, 5.74) is 0.981. The van der Waals surface area contributed by atoms with Gasteiger partial charge in [-0.1, -0.05) is 0 Å². The number of nitrogens with one attached hydrogen (secondary N) is 2. The van der Waals surface area contributed by atoms with Gasteiger partial charge in [-0.05, 0) is 38.2 Å². The molecule has 2 N–H and O–H groups in total. The minimum Gasteiger partial charge on any atom is -0.438 e. The van der Waals surface area contributed by atoms with Crippen LogP contribution in [0.25, 0.3) is 11.0 Å². The molecule has 0 saturated carbocycles. The van der Waals surface area contributed by atoms with E-state index in [4.69, 9.17) is 4.42 Å². The third-order valence-corrected chi connectivity index (χ3v) is 5.83. The highest BCUT2D eigenvalue weighted by Gasteiger charge is 2.39. The molecule has 0 radical (unpaired) electrons. The normalized spacial score (nSPS) is 28.1. The van der Waals surface area contributed by atoms with Crippen LogP contribution in [-0.2, 0) is 4.79 Å². The van der Waals surface area contributed by atoms with Gasteiger partial charge in [-0.25, -0.2) is 4.98 Å². The molecule has 7 nitrogen and oxygen atoms in total. The van der Waals surface area contributed by atoms with Crippen LogP contribution in [0.2, 0.25) is 0 Å². The van der Waals surface area contributed by atoms with E-state index < -0.39 is 0 Å². The lowest BCUT2D eigenvalue weighted by Gasteiger charge is -2.23. The number of piperidine rings is 1. The second kappa shape index (κ2) is 6.09. The SMILES string of the molecule is O=C(N[C@@H]1C[C@H]2CC[C@@H]1N2)c1cc2cc(N3CCCCC3=O)oc2cn1. The van der Waals surface area contributed by atoms with Crippen LogP contribution in [0.5, 0.6) is 0 Å². The summed E-state index contributed by atoms with van der Waals surface area (Å²) in [4.78, 5) is 30.6. The highest BCUT2D eigenvalue weighted by Crippen LogP contribution is 2.30. The van der Waals surface area contributed by atoms with Crippen LogP contribution in [0.15, 0.2) is 22.7 Å². The average Bonchev–Trinajstić information content (AvgIpc) is 3.36. The molecule has 3 aliphatic rings. The first-order valence-electron chi connectivity index (χ1n) is 9.44. The summed E-state index contributed by atoms with van der Waals surface area (Å²) < 4.78 is 5.79. The summed E-state index contributed by atoms with van der Waals surface area (Å²) in [5.74, 6) is 0.481. The molecule has 3 fully saturated rings. The van der Waals surface area contributed by atoms with Crippen molar-refractivity contribution in [1.29, 1.82) is 0 Å². The number of amides is 2. The molecule has 3 atom stereocenters. The minimum atomic E-state index is -0.150. The Bertz CT molecular complexity index is 877. The van der Waals surface area contributed by atoms with Crippen molar-refractivity contribution in [2.75, 3.05) is 11.4 Å². The maximum Gasteiger partial charge on any atom is 0.270 e. The number of aromatic nitrogens is 1. The number of furan rings is 1. The Morgan fingerprint density at radius 2 is 2.23 bits per heavy atom. The lowest BCUT2D eigenvalue weighted by Crippen LogP contribution is -2.43. The molecule has 0 aromatic carbocycles. The van der Waals surface area contributed by atoms with Gasteiger partial charge < -0.3 is 15.1 Å². The quantitative estimate of drug-likeness (QED) is 0.880. The first-order valence-corrected chi connectivity index (χ1v) is 9.44. The number of hydrogen-bond acceptors (Lipinski definition) is 5. The predicted molar refractivity (Wildman–Crippen MR) is 96.0 cm³/mol. The summed E-state index contributed by atoms with van der Waals surface area (Å²) in [6.07, 6.45) is 7.35. The molecule has 0 aliphatic carbocycles. The molecule has 136 valence electrons. The first-order chi connectivity index (χ1) is 12.7. The van der Waals surface area contributed by atoms with Gasteiger partial charge in [0.2, 0.25) is 11.8 Å². The topological polar surface area (TPSA) is 87.5 Å². The minimum absolute atomic E-state index is 0.0880. The first kappa shape index (κ1) is 15.8. The van der Waals surface area contributed by atoms with Crippen molar-refractivity contribution in [1.82, 2.24) is 15.6 Å². The molecule has 7 heteroatoms. The molecule has 3 saturated heterocycles. The summed E-state index contributed by atoms with van der Waals surface area (Å²) in [6.45, 7) is 0.677. The smallest absolute Gasteiger partial charge is 0.270 e. The van der Waals surface area contributed by atoms with Crippen LogP contribution < -0.4 is 15.5 Å². The van der Waals surface area contributed by atoms with Crippen molar-refractivity contribution in [2.45, 2.75) is 56.7 Å². The standard InChI is InChI=1S/C19H22N4O3/c24-17-3-1-2-6-23(17)18-8-11-7-15(20-10-16(11)26-18)19(25)22-14-9-12-4-5-13(14)21-12/h7-8,10,12-14,21H,1-6,9H2,(H,22,25)/t12-,13+,14-/m1/s1. The van der Waals surface area contributed by atoms with Crippen molar-refractivity contribution >= 4 is 28.7 Å². The monoisotopic (exact) mass is 354 g/mol. The molecule has 3 aliphatic heterocycles. The number of hydrogen-bond donors (Lipinski definition) is 2. The van der Waals surface area contributed by atoms with Crippen LogP contribution in [0.1, 0.15) is 49.0 Å². The molecule has 0 unspecified atom stereocenters. The van der Waals surface area contributed by atoms with E-state index in [1.54, 1.807) is 17.2 Å².